The molecule has 1 atom stereocenters. The molecule has 17 heavy (non-hydrogen) atoms. The normalized spacial score (nSPS) is 20.9. The number of aromatic nitrogens is 2. The second-order valence-corrected chi connectivity index (χ2v) is 4.68. The van der Waals surface area contributed by atoms with Crippen molar-refractivity contribution in [3.63, 3.8) is 0 Å². The number of nitrogens with one attached hydrogen (secondary N) is 1. The van der Waals surface area contributed by atoms with Crippen LogP contribution in [0.2, 0.25) is 0 Å². The van der Waals surface area contributed by atoms with E-state index in [2.05, 4.69) is 10.4 Å². The second kappa shape index (κ2) is 4.45. The number of piperidine rings is 1. The van der Waals surface area contributed by atoms with Crippen molar-refractivity contribution in [1.82, 2.24) is 15.1 Å². The minimum absolute atomic E-state index is 0.238. The van der Waals surface area contributed by atoms with Gasteiger partial charge in [-0.05, 0) is 25.5 Å². The summed E-state index contributed by atoms with van der Waals surface area (Å²) >= 11 is 0. The van der Waals surface area contributed by atoms with Crippen molar-refractivity contribution in [3.8, 4) is 0 Å². The SMILES string of the molecule is Fc1cccc2cn(CC3CCCCN3)nc12. The van der Waals surface area contributed by atoms with Crippen LogP contribution >= 0.6 is 0 Å². The Hall–Kier alpha value is -1.42. The van der Waals surface area contributed by atoms with E-state index in [1.165, 1.54) is 25.3 Å². The van der Waals surface area contributed by atoms with Gasteiger partial charge in [0.25, 0.3) is 0 Å². The highest BCUT2D eigenvalue weighted by Gasteiger charge is 2.14. The van der Waals surface area contributed by atoms with Gasteiger partial charge in [0.15, 0.2) is 5.82 Å². The third-order valence-electron chi connectivity index (χ3n) is 3.35. The summed E-state index contributed by atoms with van der Waals surface area (Å²) in [5.41, 5.74) is 0.475. The Balaban J connectivity index is 1.83. The molecule has 0 saturated carbocycles. The van der Waals surface area contributed by atoms with Gasteiger partial charge in [-0.3, -0.25) is 4.68 Å². The molecule has 1 aliphatic rings. The van der Waals surface area contributed by atoms with Crippen LogP contribution in [-0.4, -0.2) is 22.4 Å². The lowest BCUT2D eigenvalue weighted by Gasteiger charge is -2.23. The lowest BCUT2D eigenvalue weighted by atomic mass is 10.1. The maximum Gasteiger partial charge on any atom is 0.151 e. The molecule has 1 aliphatic heterocycles. The molecule has 3 rings (SSSR count). The van der Waals surface area contributed by atoms with Crippen LogP contribution in [0.1, 0.15) is 19.3 Å². The van der Waals surface area contributed by atoms with E-state index < -0.39 is 0 Å². The molecule has 90 valence electrons. The predicted octanol–water partition coefficient (Wildman–Crippen LogP) is 2.32. The Kier molecular flexibility index (Phi) is 2.81. The largest absolute Gasteiger partial charge is 0.312 e. The molecule has 0 aliphatic carbocycles. The first-order chi connectivity index (χ1) is 8.33. The topological polar surface area (TPSA) is 29.9 Å². The Morgan fingerprint density at radius 3 is 3.12 bits per heavy atom. The minimum atomic E-state index is -0.238. The van der Waals surface area contributed by atoms with E-state index in [1.807, 2.05) is 16.9 Å². The Labute approximate surface area is 99.6 Å². The van der Waals surface area contributed by atoms with Gasteiger partial charge in [0, 0.05) is 17.6 Å². The molecule has 0 bridgehead atoms. The number of benzene rings is 1. The van der Waals surface area contributed by atoms with Crippen molar-refractivity contribution in [1.29, 1.82) is 0 Å². The van der Waals surface area contributed by atoms with E-state index in [1.54, 1.807) is 6.07 Å². The van der Waals surface area contributed by atoms with Crippen LogP contribution in [0, 0.1) is 5.82 Å². The summed E-state index contributed by atoms with van der Waals surface area (Å²) in [6.45, 7) is 1.91. The third-order valence-corrected chi connectivity index (χ3v) is 3.35. The van der Waals surface area contributed by atoms with Gasteiger partial charge in [0.2, 0.25) is 0 Å². The van der Waals surface area contributed by atoms with Crippen molar-refractivity contribution in [2.24, 2.45) is 0 Å². The molecule has 1 saturated heterocycles. The first kappa shape index (κ1) is 10.7. The summed E-state index contributed by atoms with van der Waals surface area (Å²) in [5, 5.41) is 8.66. The molecule has 2 heterocycles. The number of rotatable bonds is 2. The number of hydrogen-bond acceptors (Lipinski definition) is 2. The van der Waals surface area contributed by atoms with Crippen molar-refractivity contribution < 1.29 is 4.39 Å². The average Bonchev–Trinajstić information content (AvgIpc) is 2.74. The summed E-state index contributed by atoms with van der Waals surface area (Å²) in [7, 11) is 0. The molecule has 0 amide bonds. The fourth-order valence-electron chi connectivity index (χ4n) is 2.46. The van der Waals surface area contributed by atoms with Crippen molar-refractivity contribution >= 4 is 10.9 Å². The molecule has 1 fully saturated rings. The van der Waals surface area contributed by atoms with Gasteiger partial charge in [-0.1, -0.05) is 18.6 Å². The molecule has 1 N–H and O–H groups in total. The molecular weight excluding hydrogens is 217 g/mol. The standard InChI is InChI=1S/C13H16FN3/c14-12-6-3-4-10-8-17(16-13(10)12)9-11-5-1-2-7-15-11/h3-4,6,8,11,15H,1-2,5,7,9H2. The fraction of sp³-hybridized carbons (Fsp3) is 0.462. The van der Waals surface area contributed by atoms with Crippen LogP contribution in [-0.2, 0) is 6.54 Å². The highest BCUT2D eigenvalue weighted by atomic mass is 19.1. The summed E-state index contributed by atoms with van der Waals surface area (Å²) in [6, 6.07) is 5.55. The maximum atomic E-state index is 13.5. The van der Waals surface area contributed by atoms with Gasteiger partial charge < -0.3 is 5.32 Å². The number of hydrogen-bond donors (Lipinski definition) is 1. The van der Waals surface area contributed by atoms with Crippen molar-refractivity contribution in [3.05, 3.63) is 30.2 Å². The number of halogens is 1. The van der Waals surface area contributed by atoms with E-state index in [0.717, 1.165) is 18.5 Å². The molecule has 1 aromatic carbocycles. The lowest BCUT2D eigenvalue weighted by Crippen LogP contribution is -2.37. The van der Waals surface area contributed by atoms with E-state index >= 15 is 0 Å². The second-order valence-electron chi connectivity index (χ2n) is 4.68. The third kappa shape index (κ3) is 2.17. The predicted molar refractivity (Wildman–Crippen MR) is 65.3 cm³/mol. The van der Waals surface area contributed by atoms with Crippen LogP contribution in [0.4, 0.5) is 4.39 Å². The highest BCUT2D eigenvalue weighted by Crippen LogP contribution is 2.16. The Morgan fingerprint density at radius 1 is 1.41 bits per heavy atom. The van der Waals surface area contributed by atoms with Gasteiger partial charge in [0.1, 0.15) is 5.52 Å². The minimum Gasteiger partial charge on any atom is -0.312 e. The molecule has 3 nitrogen and oxygen atoms in total. The zero-order chi connectivity index (χ0) is 11.7. The van der Waals surface area contributed by atoms with Crippen LogP contribution in [0.5, 0.6) is 0 Å². The van der Waals surface area contributed by atoms with Gasteiger partial charge in [-0.15, -0.1) is 0 Å². The van der Waals surface area contributed by atoms with Crippen LogP contribution in [0.15, 0.2) is 24.4 Å². The monoisotopic (exact) mass is 233 g/mol. The Morgan fingerprint density at radius 2 is 2.35 bits per heavy atom. The van der Waals surface area contributed by atoms with Crippen LogP contribution in [0.3, 0.4) is 0 Å². The van der Waals surface area contributed by atoms with Gasteiger partial charge in [-0.2, -0.15) is 5.10 Å². The van der Waals surface area contributed by atoms with Gasteiger partial charge >= 0.3 is 0 Å². The molecule has 1 aromatic heterocycles. The first-order valence-corrected chi connectivity index (χ1v) is 6.18. The lowest BCUT2D eigenvalue weighted by molar-refractivity contribution is 0.352. The zero-order valence-corrected chi connectivity index (χ0v) is 9.69. The first-order valence-electron chi connectivity index (χ1n) is 6.18. The summed E-state index contributed by atoms with van der Waals surface area (Å²) in [5.74, 6) is -0.238. The molecule has 0 radical (unpaired) electrons. The molecular formula is C13H16FN3. The highest BCUT2D eigenvalue weighted by molar-refractivity contribution is 5.78. The van der Waals surface area contributed by atoms with E-state index in [9.17, 15) is 4.39 Å². The van der Waals surface area contributed by atoms with Crippen molar-refractivity contribution in [2.45, 2.75) is 31.8 Å². The van der Waals surface area contributed by atoms with Crippen molar-refractivity contribution in [2.75, 3.05) is 6.54 Å². The number of nitrogens with zero attached hydrogens (tertiary/aromatic N) is 2. The summed E-state index contributed by atoms with van der Waals surface area (Å²) < 4.78 is 15.3. The molecule has 4 heteroatoms. The molecule has 2 aromatic rings. The van der Waals surface area contributed by atoms with E-state index in [0.29, 0.717) is 11.6 Å². The van der Waals surface area contributed by atoms with E-state index in [4.69, 9.17) is 0 Å². The summed E-state index contributed by atoms with van der Waals surface area (Å²) in [4.78, 5) is 0. The smallest absolute Gasteiger partial charge is 0.151 e. The van der Waals surface area contributed by atoms with Crippen LogP contribution in [0.25, 0.3) is 10.9 Å². The van der Waals surface area contributed by atoms with Crippen LogP contribution < -0.4 is 5.32 Å². The quantitative estimate of drug-likeness (QED) is 0.862. The molecule has 1 unspecified atom stereocenters. The number of fused-ring (bicyclic) bond motifs is 1. The summed E-state index contributed by atoms with van der Waals surface area (Å²) in [6.07, 6.45) is 5.63. The van der Waals surface area contributed by atoms with Gasteiger partial charge in [-0.25, -0.2) is 4.39 Å². The zero-order valence-electron chi connectivity index (χ0n) is 9.69. The van der Waals surface area contributed by atoms with E-state index in [-0.39, 0.29) is 5.82 Å². The fourth-order valence-corrected chi connectivity index (χ4v) is 2.46. The maximum absolute atomic E-state index is 13.5. The van der Waals surface area contributed by atoms with Gasteiger partial charge in [0.05, 0.1) is 6.54 Å². The molecule has 0 spiro atoms. The Bertz CT molecular complexity index is 514. The average molecular weight is 233 g/mol.